The second-order valence-corrected chi connectivity index (χ2v) is 18.7. The fourth-order valence-electron chi connectivity index (χ4n) is 7.36. The summed E-state index contributed by atoms with van der Waals surface area (Å²) in [7, 11) is 6.20. The molecule has 0 aliphatic heterocycles. The molecule has 0 radical (unpaired) electrons. The van der Waals surface area contributed by atoms with E-state index in [1.165, 1.54) is 32.9 Å². The Hall–Kier alpha value is -9.48. The molecule has 4 aromatic heterocycles. The van der Waals surface area contributed by atoms with Crippen molar-refractivity contribution >= 4 is 39.2 Å². The van der Waals surface area contributed by atoms with E-state index in [0.717, 1.165) is 39.1 Å². The quantitative estimate of drug-likeness (QED) is 0.0387. The van der Waals surface area contributed by atoms with Gasteiger partial charge >= 0.3 is 18.3 Å². The van der Waals surface area contributed by atoms with Crippen molar-refractivity contribution in [3.05, 3.63) is 156 Å². The van der Waals surface area contributed by atoms with E-state index in [-0.39, 0.29) is 53.8 Å². The molecule has 0 fully saturated rings. The monoisotopic (exact) mass is 1130 g/mol. The number of alkyl halides is 6. The van der Waals surface area contributed by atoms with Gasteiger partial charge in [-0.1, -0.05) is 46.7 Å². The van der Waals surface area contributed by atoms with Gasteiger partial charge in [-0.2, -0.15) is 26.3 Å². The summed E-state index contributed by atoms with van der Waals surface area (Å²) < 4.78 is 126. The molecule has 4 heterocycles. The van der Waals surface area contributed by atoms with Crippen LogP contribution in [0.15, 0.2) is 137 Å². The molecule has 9 aromatic rings. The number of nitrogen functional groups attached to an aromatic ring is 1. The van der Waals surface area contributed by atoms with Crippen molar-refractivity contribution in [3.63, 3.8) is 0 Å². The van der Waals surface area contributed by atoms with Gasteiger partial charge in [0.15, 0.2) is 34.5 Å². The summed E-state index contributed by atoms with van der Waals surface area (Å²) in [5.74, 6) is 2.75. The van der Waals surface area contributed by atoms with Gasteiger partial charge in [0, 0.05) is 42.4 Å². The van der Waals surface area contributed by atoms with E-state index >= 15 is 0 Å². The number of ether oxygens (including phenoxy) is 7. The lowest BCUT2D eigenvalue weighted by Gasteiger charge is -2.24. The van der Waals surface area contributed by atoms with E-state index in [2.05, 4.69) is 30.2 Å². The number of carbonyl (C=O) groups excluding carboxylic acids is 2. The van der Waals surface area contributed by atoms with Crippen LogP contribution in [0.5, 0.6) is 52.0 Å². The highest BCUT2D eigenvalue weighted by atomic mass is 19.4. The number of rotatable bonds is 17. The Kier molecular flexibility index (Phi) is 18.3. The molecule has 2 N–H and O–H groups in total. The number of halogens is 6. The van der Waals surface area contributed by atoms with Gasteiger partial charge in [0.1, 0.15) is 46.5 Å². The van der Waals surface area contributed by atoms with Crippen molar-refractivity contribution in [2.45, 2.75) is 70.1 Å². The first-order valence-electron chi connectivity index (χ1n) is 24.3. The number of methoxy groups -OCH3 is 4. The van der Waals surface area contributed by atoms with Gasteiger partial charge < -0.3 is 47.9 Å². The molecule has 18 nitrogen and oxygen atoms in total. The smallest absolute Gasteiger partial charge is 0.401 e. The molecular weight excluding hydrogens is 1070 g/mol. The highest BCUT2D eigenvalue weighted by Gasteiger charge is 2.52. The molecule has 0 bridgehead atoms. The minimum Gasteiger partial charge on any atom is -0.493 e. The number of esters is 1. The van der Waals surface area contributed by atoms with Gasteiger partial charge in [-0.05, 0) is 81.8 Å². The third-order valence-electron chi connectivity index (χ3n) is 12.2. The van der Waals surface area contributed by atoms with Crippen LogP contribution in [0, 0.1) is 0 Å². The van der Waals surface area contributed by atoms with Crippen LogP contribution in [0.4, 0.5) is 32.0 Å². The summed E-state index contributed by atoms with van der Waals surface area (Å²) >= 11 is 0. The maximum absolute atomic E-state index is 13.2. The second-order valence-electron chi connectivity index (χ2n) is 18.7. The number of benzene rings is 5. The van der Waals surface area contributed by atoms with Crippen molar-refractivity contribution in [2.75, 3.05) is 34.2 Å². The maximum atomic E-state index is 13.2. The van der Waals surface area contributed by atoms with E-state index in [4.69, 9.17) is 47.9 Å². The van der Waals surface area contributed by atoms with E-state index in [1.807, 2.05) is 12.1 Å². The predicted molar refractivity (Wildman–Crippen MR) is 282 cm³/mol. The molecule has 81 heavy (non-hydrogen) atoms. The molecule has 0 aliphatic rings. The largest absolute Gasteiger partial charge is 0.493 e. The van der Waals surface area contributed by atoms with Crippen LogP contribution in [0.25, 0.3) is 21.8 Å². The zero-order valence-electron chi connectivity index (χ0n) is 44.8. The number of ketones is 1. The zero-order chi connectivity index (χ0) is 58.7. The number of hydrogen-bond acceptors (Lipinski definition) is 18. The second kappa shape index (κ2) is 25.1. The first-order valence-corrected chi connectivity index (χ1v) is 24.3. The van der Waals surface area contributed by atoms with Crippen LogP contribution >= 0.6 is 0 Å². The number of aromatic nitrogens is 6. The average molecular weight is 1130 g/mol. The Balaban J connectivity index is 0.000000185. The first kappa shape index (κ1) is 59.2. The van der Waals surface area contributed by atoms with Crippen LogP contribution in [-0.4, -0.2) is 82.8 Å². The summed E-state index contributed by atoms with van der Waals surface area (Å²) in [6, 6.07) is 31.7. The molecule has 5 aromatic carbocycles. The summed E-state index contributed by atoms with van der Waals surface area (Å²) in [5.41, 5.74) is 4.16. The Morgan fingerprint density at radius 2 is 0.951 bits per heavy atom. The van der Waals surface area contributed by atoms with Crippen LogP contribution in [0.1, 0.15) is 56.2 Å². The summed E-state index contributed by atoms with van der Waals surface area (Å²) in [6.45, 7) is 3.97. The van der Waals surface area contributed by atoms with E-state index in [9.17, 15) is 35.9 Å². The Morgan fingerprint density at radius 3 is 1.42 bits per heavy atom. The maximum Gasteiger partial charge on any atom is 0.401 e. The molecule has 0 amide bonds. The molecule has 24 heteroatoms. The van der Waals surface area contributed by atoms with Crippen molar-refractivity contribution in [1.29, 1.82) is 0 Å². The normalized spacial score (nSPS) is 11.6. The molecule has 0 unspecified atom stereocenters. The first-order chi connectivity index (χ1) is 38.4. The lowest BCUT2D eigenvalue weighted by molar-refractivity contribution is -0.186. The molecule has 0 atom stereocenters. The fraction of sp³-hybridized carbons (Fsp3) is 0.263. The van der Waals surface area contributed by atoms with Crippen LogP contribution < -0.4 is 38.9 Å². The van der Waals surface area contributed by atoms with Crippen molar-refractivity contribution in [2.24, 2.45) is 0 Å². The molecule has 0 aliphatic carbocycles. The van der Waals surface area contributed by atoms with Gasteiger partial charge in [-0.3, -0.25) is 9.59 Å². The number of anilines is 1. The van der Waals surface area contributed by atoms with Gasteiger partial charge in [0.05, 0.1) is 74.5 Å². The molecular formula is C57H53F6N7O11. The van der Waals surface area contributed by atoms with Gasteiger partial charge in [0.25, 0.3) is 0 Å². The SMILES string of the molecule is CC(C)(c1cc(CC(=O)Oc2ccccc2)no1)C(F)(F)F.COc1cc2ncnc(Oc3cccc(CC(=O)Cc4cc(C(C)(C)C(F)(F)F)on4)c3)c2cc1OC.COc1cc2ncnc(Oc3cccc(N)c3)c2cc1OC. The number of Topliss-reactive ketones (excluding diaryl/α,β-unsaturated/α-hetero) is 1. The van der Waals surface area contributed by atoms with Crippen LogP contribution in [-0.2, 0) is 39.7 Å². The topological polar surface area (TPSA) is 228 Å². The van der Waals surface area contributed by atoms with Crippen molar-refractivity contribution in [3.8, 4) is 52.0 Å². The number of nitrogens with two attached hydrogens (primary N) is 1. The predicted octanol–water partition coefficient (Wildman–Crippen LogP) is 12.3. The molecule has 0 saturated heterocycles. The van der Waals surface area contributed by atoms with E-state index in [0.29, 0.717) is 73.8 Å². The number of carbonyl (C=O) groups is 2. The van der Waals surface area contributed by atoms with E-state index < -0.39 is 29.2 Å². The standard InChI is InChI=1S/C26H24F3N3O5.C16H15N3O3.C15H14F3NO3/c1-25(2,26(27,28)29)23-11-16(32-37-23)10-17(33)8-15-6-5-7-18(9-15)36-24-19-12-21(34-3)22(35-4)13-20(19)30-14-31-24;1-20-14-7-12-13(8-15(14)21-2)18-9-19-16(12)22-11-5-3-4-10(17)6-11;1-14(2,15(16,17)18)12-8-10(19-22-12)9-13(20)21-11-6-4-3-5-7-11/h5-7,9,11-14H,8,10H2,1-4H3;3-9H,17H2,1-2H3;3-8H,9H2,1-2H3. The van der Waals surface area contributed by atoms with Gasteiger partial charge in [-0.15, -0.1) is 0 Å². The molecule has 424 valence electrons. The fourth-order valence-corrected chi connectivity index (χ4v) is 7.36. The third kappa shape index (κ3) is 14.6. The van der Waals surface area contributed by atoms with Crippen molar-refractivity contribution < 1.29 is 78.1 Å². The minimum atomic E-state index is -4.51. The Labute approximate surface area is 459 Å². The van der Waals surface area contributed by atoms with Crippen LogP contribution in [0.3, 0.4) is 0 Å². The highest BCUT2D eigenvalue weighted by molar-refractivity contribution is 5.88. The molecule has 0 spiro atoms. The Bertz CT molecular complexity index is 3630. The number of nitrogens with zero attached hydrogens (tertiary/aromatic N) is 6. The molecule has 0 saturated carbocycles. The van der Waals surface area contributed by atoms with Crippen molar-refractivity contribution in [1.82, 2.24) is 30.2 Å². The van der Waals surface area contributed by atoms with Gasteiger partial charge in [-0.25, -0.2) is 19.9 Å². The Morgan fingerprint density at radius 1 is 0.506 bits per heavy atom. The average Bonchev–Trinajstić information content (AvgIpc) is 4.37. The summed E-state index contributed by atoms with van der Waals surface area (Å²) in [5, 5.41) is 8.48. The van der Waals surface area contributed by atoms with Crippen LogP contribution in [0.2, 0.25) is 0 Å². The van der Waals surface area contributed by atoms with E-state index in [1.54, 1.807) is 105 Å². The summed E-state index contributed by atoms with van der Waals surface area (Å²) in [6.07, 6.45) is -6.60. The lowest BCUT2D eigenvalue weighted by Crippen LogP contribution is -2.35. The minimum absolute atomic E-state index is 0.0254. The number of hydrogen-bond donors (Lipinski definition) is 1. The third-order valence-corrected chi connectivity index (χ3v) is 12.2. The zero-order valence-corrected chi connectivity index (χ0v) is 44.8. The number of para-hydroxylation sites is 1. The highest BCUT2D eigenvalue weighted by Crippen LogP contribution is 2.43. The molecule has 9 rings (SSSR count). The lowest BCUT2D eigenvalue weighted by atomic mass is 9.89. The summed E-state index contributed by atoms with van der Waals surface area (Å²) in [4.78, 5) is 41.2. The number of fused-ring (bicyclic) bond motifs is 2. The van der Waals surface area contributed by atoms with Gasteiger partial charge in [0.2, 0.25) is 11.8 Å².